The first-order valence-corrected chi connectivity index (χ1v) is 7.80. The molecule has 0 amide bonds. The summed E-state index contributed by atoms with van der Waals surface area (Å²) in [5.41, 5.74) is 0.382. The van der Waals surface area contributed by atoms with Crippen LogP contribution < -0.4 is 5.32 Å². The van der Waals surface area contributed by atoms with Gasteiger partial charge in [-0.05, 0) is 30.7 Å². The van der Waals surface area contributed by atoms with E-state index in [-0.39, 0.29) is 12.0 Å². The van der Waals surface area contributed by atoms with Crippen molar-refractivity contribution in [1.82, 2.24) is 10.2 Å². The Hall–Kier alpha value is -0.610. The van der Waals surface area contributed by atoms with E-state index in [4.69, 9.17) is 4.74 Å². The first kappa shape index (κ1) is 17.4. The summed E-state index contributed by atoms with van der Waals surface area (Å²) in [6.45, 7) is 14.3. The lowest BCUT2D eigenvalue weighted by Crippen LogP contribution is -2.43. The van der Waals surface area contributed by atoms with Crippen molar-refractivity contribution in [1.29, 1.82) is 0 Å². The molecule has 1 aliphatic rings. The Morgan fingerprint density at radius 2 is 2.05 bits per heavy atom. The van der Waals surface area contributed by atoms with E-state index in [1.807, 2.05) is 0 Å². The maximum atomic E-state index is 11.8. The molecule has 2 atom stereocenters. The third kappa shape index (κ3) is 5.41. The minimum Gasteiger partial charge on any atom is -0.468 e. The van der Waals surface area contributed by atoms with Gasteiger partial charge >= 0.3 is 5.97 Å². The number of nitrogens with zero attached hydrogens (tertiary/aromatic N) is 1. The Bertz CT molecular complexity index is 310. The average Bonchev–Trinajstić information content (AvgIpc) is 2.81. The number of likely N-dealkylation sites (tertiary alicyclic amines) is 1. The lowest BCUT2D eigenvalue weighted by molar-refractivity contribution is -0.143. The number of carbonyl (C=O) groups is 1. The lowest BCUT2D eigenvalue weighted by atomic mass is 9.80. The van der Waals surface area contributed by atoms with Gasteiger partial charge in [-0.25, -0.2) is 0 Å². The summed E-state index contributed by atoms with van der Waals surface area (Å²) in [7, 11) is 1.46. The molecule has 0 radical (unpaired) electrons. The number of carbonyl (C=O) groups excluding carboxylic acids is 1. The predicted molar refractivity (Wildman–Crippen MR) is 82.7 cm³/mol. The highest BCUT2D eigenvalue weighted by atomic mass is 16.5. The van der Waals surface area contributed by atoms with Crippen molar-refractivity contribution in [3.05, 3.63) is 0 Å². The highest BCUT2D eigenvalue weighted by molar-refractivity contribution is 5.75. The number of methoxy groups -OCH3 is 1. The van der Waals surface area contributed by atoms with Crippen LogP contribution in [-0.2, 0) is 9.53 Å². The van der Waals surface area contributed by atoms with E-state index < -0.39 is 0 Å². The van der Waals surface area contributed by atoms with E-state index in [1.54, 1.807) is 0 Å². The monoisotopic (exact) mass is 284 g/mol. The Labute approximate surface area is 124 Å². The number of rotatable bonds is 6. The molecule has 20 heavy (non-hydrogen) atoms. The molecule has 0 aromatic carbocycles. The van der Waals surface area contributed by atoms with Gasteiger partial charge in [-0.2, -0.15) is 0 Å². The molecule has 1 aliphatic heterocycles. The molecule has 0 aliphatic carbocycles. The zero-order valence-electron chi connectivity index (χ0n) is 14.0. The molecule has 4 heteroatoms. The van der Waals surface area contributed by atoms with Crippen molar-refractivity contribution in [3.8, 4) is 0 Å². The standard InChI is InChI=1S/C16H32N2O2/c1-12(2)17-14(15(19)20-6)8-10-18-9-7-13(11-18)16(3,4)5/h12-14,17H,7-11H2,1-6H3. The highest BCUT2D eigenvalue weighted by Gasteiger charge is 2.32. The fourth-order valence-corrected chi connectivity index (χ4v) is 2.87. The Morgan fingerprint density at radius 3 is 2.50 bits per heavy atom. The van der Waals surface area contributed by atoms with Gasteiger partial charge in [-0.3, -0.25) is 4.79 Å². The molecule has 1 heterocycles. The molecule has 0 bridgehead atoms. The molecular formula is C16H32N2O2. The second-order valence-corrected chi connectivity index (χ2v) is 7.34. The number of nitrogens with one attached hydrogen (secondary N) is 1. The molecule has 1 N–H and O–H groups in total. The number of esters is 1. The average molecular weight is 284 g/mol. The van der Waals surface area contributed by atoms with Crippen LogP contribution in [0.1, 0.15) is 47.5 Å². The summed E-state index contributed by atoms with van der Waals surface area (Å²) in [6.07, 6.45) is 2.09. The minimum atomic E-state index is -0.186. The zero-order chi connectivity index (χ0) is 15.3. The van der Waals surface area contributed by atoms with Gasteiger partial charge < -0.3 is 15.0 Å². The summed E-state index contributed by atoms with van der Waals surface area (Å²) in [5, 5.41) is 3.29. The van der Waals surface area contributed by atoms with Crippen molar-refractivity contribution in [2.24, 2.45) is 11.3 Å². The predicted octanol–water partition coefficient (Wildman–Crippen LogP) is 2.28. The van der Waals surface area contributed by atoms with Gasteiger partial charge in [0, 0.05) is 19.1 Å². The second kappa shape index (κ2) is 7.41. The molecule has 1 saturated heterocycles. The van der Waals surface area contributed by atoms with E-state index in [2.05, 4.69) is 44.8 Å². The maximum Gasteiger partial charge on any atom is 0.322 e. The van der Waals surface area contributed by atoms with E-state index in [0.717, 1.165) is 32.0 Å². The van der Waals surface area contributed by atoms with Crippen LogP contribution in [0.15, 0.2) is 0 Å². The van der Waals surface area contributed by atoms with Gasteiger partial charge in [0.2, 0.25) is 0 Å². The topological polar surface area (TPSA) is 41.6 Å². The maximum absolute atomic E-state index is 11.8. The van der Waals surface area contributed by atoms with Crippen LogP contribution in [0.3, 0.4) is 0 Å². The van der Waals surface area contributed by atoms with Gasteiger partial charge in [0.1, 0.15) is 6.04 Å². The summed E-state index contributed by atoms with van der Waals surface area (Å²) >= 11 is 0. The fraction of sp³-hybridized carbons (Fsp3) is 0.938. The Morgan fingerprint density at radius 1 is 1.40 bits per heavy atom. The van der Waals surface area contributed by atoms with Crippen LogP contribution in [-0.4, -0.2) is 49.7 Å². The smallest absolute Gasteiger partial charge is 0.322 e. The van der Waals surface area contributed by atoms with Crippen LogP contribution in [0.2, 0.25) is 0 Å². The van der Waals surface area contributed by atoms with Crippen molar-refractivity contribution in [3.63, 3.8) is 0 Å². The van der Waals surface area contributed by atoms with Gasteiger partial charge in [-0.15, -0.1) is 0 Å². The summed E-state index contributed by atoms with van der Waals surface area (Å²) in [4.78, 5) is 14.3. The first-order valence-electron chi connectivity index (χ1n) is 7.80. The van der Waals surface area contributed by atoms with Crippen LogP contribution in [0.4, 0.5) is 0 Å². The molecule has 0 aromatic heterocycles. The van der Waals surface area contributed by atoms with Crippen molar-refractivity contribution < 1.29 is 9.53 Å². The molecule has 4 nitrogen and oxygen atoms in total. The van der Waals surface area contributed by atoms with Crippen LogP contribution >= 0.6 is 0 Å². The molecule has 118 valence electrons. The lowest BCUT2D eigenvalue weighted by Gasteiger charge is -2.27. The van der Waals surface area contributed by atoms with Crippen molar-refractivity contribution >= 4 is 5.97 Å². The van der Waals surface area contributed by atoms with Gasteiger partial charge in [0.25, 0.3) is 0 Å². The van der Waals surface area contributed by atoms with Gasteiger partial charge in [0.15, 0.2) is 0 Å². The number of ether oxygens (including phenoxy) is 1. The summed E-state index contributed by atoms with van der Waals surface area (Å²) in [5.74, 6) is 0.613. The molecule has 2 unspecified atom stereocenters. The molecule has 1 fully saturated rings. The SMILES string of the molecule is COC(=O)C(CCN1CCC(C(C)(C)C)C1)NC(C)C. The number of hydrogen-bond donors (Lipinski definition) is 1. The Balaban J connectivity index is 2.43. The van der Waals surface area contributed by atoms with E-state index in [1.165, 1.54) is 13.5 Å². The third-order valence-electron chi connectivity index (χ3n) is 4.25. The Kier molecular flexibility index (Phi) is 6.46. The first-order chi connectivity index (χ1) is 9.24. The normalized spacial score (nSPS) is 22.2. The molecule has 0 spiro atoms. The zero-order valence-corrected chi connectivity index (χ0v) is 14.0. The molecule has 0 saturated carbocycles. The number of hydrogen-bond acceptors (Lipinski definition) is 4. The van der Waals surface area contributed by atoms with Gasteiger partial charge in [0.05, 0.1) is 7.11 Å². The molecule has 0 aromatic rings. The summed E-state index contributed by atoms with van der Waals surface area (Å²) in [6, 6.07) is 0.105. The van der Waals surface area contributed by atoms with Crippen LogP contribution in [0.25, 0.3) is 0 Å². The van der Waals surface area contributed by atoms with E-state index in [0.29, 0.717) is 11.5 Å². The van der Waals surface area contributed by atoms with E-state index >= 15 is 0 Å². The largest absolute Gasteiger partial charge is 0.468 e. The fourth-order valence-electron chi connectivity index (χ4n) is 2.87. The van der Waals surface area contributed by atoms with E-state index in [9.17, 15) is 4.79 Å². The third-order valence-corrected chi connectivity index (χ3v) is 4.25. The van der Waals surface area contributed by atoms with Crippen LogP contribution in [0.5, 0.6) is 0 Å². The van der Waals surface area contributed by atoms with Crippen molar-refractivity contribution in [2.75, 3.05) is 26.7 Å². The quantitative estimate of drug-likeness (QED) is 0.760. The second-order valence-electron chi connectivity index (χ2n) is 7.34. The van der Waals surface area contributed by atoms with Crippen molar-refractivity contribution in [2.45, 2.75) is 59.5 Å². The highest BCUT2D eigenvalue weighted by Crippen LogP contribution is 2.33. The molecule has 1 rings (SSSR count). The minimum absolute atomic E-state index is 0.148. The summed E-state index contributed by atoms with van der Waals surface area (Å²) < 4.78 is 4.88. The molecular weight excluding hydrogens is 252 g/mol. The van der Waals surface area contributed by atoms with Gasteiger partial charge in [-0.1, -0.05) is 34.6 Å². The van der Waals surface area contributed by atoms with Crippen LogP contribution in [0, 0.1) is 11.3 Å².